The molecule has 0 spiro atoms. The number of hydrogen-bond acceptors (Lipinski definition) is 2. The molecule has 2 N–H and O–H groups in total. The van der Waals surface area contributed by atoms with Gasteiger partial charge in [0.15, 0.2) is 0 Å². The van der Waals surface area contributed by atoms with Gasteiger partial charge >= 0.3 is 12.2 Å². The van der Waals surface area contributed by atoms with Crippen LogP contribution in [-0.4, -0.2) is 6.03 Å². The molecule has 7 heteroatoms. The van der Waals surface area contributed by atoms with Gasteiger partial charge in [-0.05, 0) is 30.2 Å². The van der Waals surface area contributed by atoms with Crippen molar-refractivity contribution in [3.8, 4) is 0 Å². The van der Waals surface area contributed by atoms with Crippen molar-refractivity contribution in [1.82, 2.24) is 10.8 Å². The summed E-state index contributed by atoms with van der Waals surface area (Å²) in [6.45, 7) is 1.88. The number of urea groups is 1. The van der Waals surface area contributed by atoms with Crippen molar-refractivity contribution < 1.29 is 22.8 Å². The highest BCUT2D eigenvalue weighted by Crippen LogP contribution is 2.29. The molecule has 2 rings (SSSR count). The van der Waals surface area contributed by atoms with Crippen LogP contribution >= 0.6 is 0 Å². The maximum Gasteiger partial charge on any atom is 0.416 e. The maximum absolute atomic E-state index is 12.5. The molecule has 2 amide bonds. The molecule has 2 aromatic carbocycles. The van der Waals surface area contributed by atoms with Crippen LogP contribution in [0, 0.1) is 0 Å². The highest BCUT2D eigenvalue weighted by Gasteiger charge is 2.30. The fraction of sp³-hybridized carbons (Fsp3) is 0.235. The molecule has 0 aliphatic heterocycles. The van der Waals surface area contributed by atoms with Crippen LogP contribution in [0.4, 0.5) is 18.0 Å². The smallest absolute Gasteiger partial charge is 0.330 e. The van der Waals surface area contributed by atoms with Crippen LogP contribution in [0.15, 0.2) is 54.6 Å². The Kier molecular flexibility index (Phi) is 5.81. The van der Waals surface area contributed by atoms with E-state index in [1.165, 1.54) is 12.1 Å². The normalized spacial score (nSPS) is 12.5. The number of amides is 2. The first-order chi connectivity index (χ1) is 11.4. The van der Waals surface area contributed by atoms with E-state index >= 15 is 0 Å². The van der Waals surface area contributed by atoms with Crippen LogP contribution in [0.5, 0.6) is 0 Å². The minimum atomic E-state index is -4.38. The van der Waals surface area contributed by atoms with Crippen molar-refractivity contribution >= 4 is 6.03 Å². The van der Waals surface area contributed by atoms with Gasteiger partial charge in [0.05, 0.1) is 18.2 Å². The molecule has 0 bridgehead atoms. The number of carbonyl (C=O) groups is 1. The molecule has 0 saturated heterocycles. The van der Waals surface area contributed by atoms with Gasteiger partial charge in [0.2, 0.25) is 0 Å². The first-order valence-corrected chi connectivity index (χ1v) is 7.25. The standard InChI is InChI=1S/C17H17F3N2O2/c1-12(14-7-9-15(10-8-14)17(18,19)20)21-16(23)22-24-11-13-5-3-2-4-6-13/h2-10,12H,11H2,1H3,(H2,21,22,23). The zero-order chi connectivity index (χ0) is 17.6. The van der Waals surface area contributed by atoms with Crippen molar-refractivity contribution in [3.63, 3.8) is 0 Å². The van der Waals surface area contributed by atoms with Gasteiger partial charge in [0, 0.05) is 0 Å². The van der Waals surface area contributed by atoms with Gasteiger partial charge < -0.3 is 5.32 Å². The van der Waals surface area contributed by atoms with Crippen LogP contribution in [0.1, 0.15) is 29.7 Å². The summed E-state index contributed by atoms with van der Waals surface area (Å²) in [7, 11) is 0. The quantitative estimate of drug-likeness (QED) is 0.803. The average molecular weight is 338 g/mol. The molecule has 0 fully saturated rings. The minimum Gasteiger partial charge on any atom is -0.330 e. The SMILES string of the molecule is CC(NC(=O)NOCc1ccccc1)c1ccc(C(F)(F)F)cc1. The predicted octanol–water partition coefficient (Wildman–Crippen LogP) is 4.20. The zero-order valence-electron chi connectivity index (χ0n) is 12.9. The summed E-state index contributed by atoms with van der Waals surface area (Å²) < 4.78 is 37.5. The van der Waals surface area contributed by atoms with E-state index in [1.54, 1.807) is 6.92 Å². The number of nitrogens with one attached hydrogen (secondary N) is 2. The van der Waals surface area contributed by atoms with Crippen LogP contribution in [-0.2, 0) is 17.6 Å². The van der Waals surface area contributed by atoms with Crippen LogP contribution in [0.2, 0.25) is 0 Å². The molecule has 1 unspecified atom stereocenters. The molecule has 0 aromatic heterocycles. The van der Waals surface area contributed by atoms with E-state index in [0.717, 1.165) is 17.7 Å². The Bertz CT molecular complexity index is 658. The number of rotatable bonds is 5. The lowest BCUT2D eigenvalue weighted by atomic mass is 10.1. The Morgan fingerprint density at radius 1 is 1.08 bits per heavy atom. The Balaban J connectivity index is 1.80. The van der Waals surface area contributed by atoms with Crippen molar-refractivity contribution in [3.05, 3.63) is 71.3 Å². The molecule has 4 nitrogen and oxygen atoms in total. The molecule has 1 atom stereocenters. The summed E-state index contributed by atoms with van der Waals surface area (Å²) in [6.07, 6.45) is -4.38. The number of halogens is 3. The van der Waals surface area contributed by atoms with Crippen LogP contribution in [0.3, 0.4) is 0 Å². The molecule has 0 aliphatic rings. The minimum absolute atomic E-state index is 0.211. The highest BCUT2D eigenvalue weighted by molar-refractivity contribution is 5.73. The molecule has 24 heavy (non-hydrogen) atoms. The summed E-state index contributed by atoms with van der Waals surface area (Å²) in [5.74, 6) is 0. The second-order valence-electron chi connectivity index (χ2n) is 5.19. The van der Waals surface area contributed by atoms with Gasteiger partial charge in [0.1, 0.15) is 0 Å². The lowest BCUT2D eigenvalue weighted by Crippen LogP contribution is -2.36. The van der Waals surface area contributed by atoms with Gasteiger partial charge in [-0.15, -0.1) is 0 Å². The van der Waals surface area contributed by atoms with Crippen LogP contribution in [0.25, 0.3) is 0 Å². The molecule has 0 saturated carbocycles. The molecule has 0 heterocycles. The number of hydroxylamine groups is 1. The third kappa shape index (κ3) is 5.27. The van der Waals surface area contributed by atoms with Gasteiger partial charge in [-0.2, -0.15) is 13.2 Å². The van der Waals surface area contributed by atoms with Crippen molar-refractivity contribution in [2.24, 2.45) is 0 Å². The summed E-state index contributed by atoms with van der Waals surface area (Å²) in [4.78, 5) is 16.8. The number of hydrogen-bond donors (Lipinski definition) is 2. The summed E-state index contributed by atoms with van der Waals surface area (Å²) in [5.41, 5.74) is 2.96. The predicted molar refractivity (Wildman–Crippen MR) is 82.8 cm³/mol. The third-order valence-electron chi connectivity index (χ3n) is 3.33. The van der Waals surface area contributed by atoms with E-state index in [1.807, 2.05) is 30.3 Å². The zero-order valence-corrected chi connectivity index (χ0v) is 12.9. The van der Waals surface area contributed by atoms with Gasteiger partial charge in [0.25, 0.3) is 0 Å². The first-order valence-electron chi connectivity index (χ1n) is 7.25. The van der Waals surface area contributed by atoms with E-state index in [0.29, 0.717) is 5.56 Å². The molecule has 0 aliphatic carbocycles. The number of benzene rings is 2. The van der Waals surface area contributed by atoms with Gasteiger partial charge in [-0.1, -0.05) is 42.5 Å². The van der Waals surface area contributed by atoms with Gasteiger partial charge in [-0.3, -0.25) is 4.84 Å². The average Bonchev–Trinajstić information content (AvgIpc) is 2.55. The Morgan fingerprint density at radius 2 is 1.71 bits per heavy atom. The van der Waals surface area contributed by atoms with E-state index in [2.05, 4.69) is 10.8 Å². The lowest BCUT2D eigenvalue weighted by Gasteiger charge is -2.16. The monoisotopic (exact) mass is 338 g/mol. The summed E-state index contributed by atoms with van der Waals surface area (Å²) in [6, 6.07) is 12.9. The van der Waals surface area contributed by atoms with E-state index in [-0.39, 0.29) is 6.61 Å². The van der Waals surface area contributed by atoms with Gasteiger partial charge in [-0.25, -0.2) is 10.3 Å². The largest absolute Gasteiger partial charge is 0.416 e. The maximum atomic E-state index is 12.5. The molecule has 2 aromatic rings. The third-order valence-corrected chi connectivity index (χ3v) is 3.33. The molecular weight excluding hydrogens is 321 g/mol. The fourth-order valence-electron chi connectivity index (χ4n) is 2.03. The first kappa shape index (κ1) is 17.8. The molecular formula is C17H17F3N2O2. The molecule has 0 radical (unpaired) electrons. The number of carbonyl (C=O) groups excluding carboxylic acids is 1. The van der Waals surface area contributed by atoms with Crippen molar-refractivity contribution in [2.45, 2.75) is 25.7 Å². The van der Waals surface area contributed by atoms with Crippen molar-refractivity contribution in [2.75, 3.05) is 0 Å². The van der Waals surface area contributed by atoms with E-state index in [4.69, 9.17) is 4.84 Å². The van der Waals surface area contributed by atoms with Crippen LogP contribution < -0.4 is 10.8 Å². The molecule has 128 valence electrons. The summed E-state index contributed by atoms with van der Waals surface area (Å²) in [5, 5.41) is 2.58. The van der Waals surface area contributed by atoms with Crippen molar-refractivity contribution in [1.29, 1.82) is 0 Å². The Morgan fingerprint density at radius 3 is 2.29 bits per heavy atom. The number of alkyl halides is 3. The lowest BCUT2D eigenvalue weighted by molar-refractivity contribution is -0.137. The van der Waals surface area contributed by atoms with E-state index < -0.39 is 23.8 Å². The second-order valence-corrected chi connectivity index (χ2v) is 5.19. The Labute approximate surface area is 137 Å². The summed E-state index contributed by atoms with van der Waals surface area (Å²) >= 11 is 0. The highest BCUT2D eigenvalue weighted by atomic mass is 19.4. The topological polar surface area (TPSA) is 50.4 Å². The van der Waals surface area contributed by atoms with E-state index in [9.17, 15) is 18.0 Å². The second kappa shape index (κ2) is 7.83. The Hall–Kier alpha value is -2.54. The fourth-order valence-corrected chi connectivity index (χ4v) is 2.03.